The lowest BCUT2D eigenvalue weighted by Gasteiger charge is -2.35. The first-order chi connectivity index (χ1) is 24.7. The lowest BCUT2D eigenvalue weighted by molar-refractivity contribution is -0.120. The number of nitrogens with zero attached hydrogens (tertiary/aromatic N) is 2. The fourth-order valence-corrected chi connectivity index (χ4v) is 7.93. The number of ether oxygens (including phenoxy) is 5. The van der Waals surface area contributed by atoms with Gasteiger partial charge in [0.25, 0.3) is 0 Å². The first kappa shape index (κ1) is 39.1. The Morgan fingerprint density at radius 2 is 1.79 bits per heavy atom. The Bertz CT molecular complexity index is 1660. The van der Waals surface area contributed by atoms with E-state index in [4.69, 9.17) is 23.7 Å². The van der Waals surface area contributed by atoms with Crippen molar-refractivity contribution in [3.05, 3.63) is 54.1 Å². The Labute approximate surface area is 304 Å². The fraction of sp³-hybridized carbons (Fsp3) is 0.571. The minimum atomic E-state index is -4.26. The highest BCUT2D eigenvalue weighted by Crippen LogP contribution is 2.36. The van der Waals surface area contributed by atoms with Crippen LogP contribution in [0.15, 0.2) is 53.4 Å². The maximum Gasteiger partial charge on any atom is 0.407 e. The van der Waals surface area contributed by atoms with E-state index in [1.54, 1.807) is 14.1 Å². The van der Waals surface area contributed by atoms with Gasteiger partial charge < -0.3 is 49.6 Å². The summed E-state index contributed by atoms with van der Waals surface area (Å²) < 4.78 is 57.6. The van der Waals surface area contributed by atoms with Crippen LogP contribution in [0.1, 0.15) is 32.3 Å². The van der Waals surface area contributed by atoms with Crippen LogP contribution in [0.5, 0.6) is 11.5 Å². The Morgan fingerprint density at radius 1 is 1.04 bits per heavy atom. The molecule has 4 amide bonds. The van der Waals surface area contributed by atoms with Crippen LogP contribution >= 0.6 is 0 Å². The molecule has 3 aliphatic heterocycles. The van der Waals surface area contributed by atoms with Crippen LogP contribution < -0.4 is 25.4 Å². The molecule has 2 saturated heterocycles. The number of carbonyl (C=O) groups excluding carboxylic acids is 3. The number of carbonyl (C=O) groups is 3. The summed E-state index contributed by atoms with van der Waals surface area (Å²) in [5.74, 6) is 0.210. The van der Waals surface area contributed by atoms with Crippen molar-refractivity contribution in [1.82, 2.24) is 25.2 Å². The number of hydrogen-bond donors (Lipinski definition) is 4. The zero-order valence-corrected chi connectivity index (χ0v) is 30.7. The van der Waals surface area contributed by atoms with Gasteiger partial charge in [0.15, 0.2) is 17.8 Å². The Balaban J connectivity index is 1.32. The van der Waals surface area contributed by atoms with Crippen molar-refractivity contribution in [1.29, 1.82) is 0 Å². The smallest absolute Gasteiger partial charge is 0.407 e. The van der Waals surface area contributed by atoms with Gasteiger partial charge in [0, 0.05) is 39.8 Å². The third-order valence-electron chi connectivity index (χ3n) is 9.22. The summed E-state index contributed by atoms with van der Waals surface area (Å²) in [6.45, 7) is 3.91. The highest BCUT2D eigenvalue weighted by Gasteiger charge is 2.44. The first-order valence-electron chi connectivity index (χ1n) is 17.3. The van der Waals surface area contributed by atoms with Crippen LogP contribution in [0, 0.1) is 11.3 Å². The van der Waals surface area contributed by atoms with E-state index >= 15 is 0 Å². The average molecular weight is 748 g/mol. The number of amides is 4. The molecule has 0 aromatic heterocycles. The maximum absolute atomic E-state index is 14.3. The fourth-order valence-electron chi connectivity index (χ4n) is 6.26. The van der Waals surface area contributed by atoms with Crippen LogP contribution in [0.3, 0.4) is 0 Å². The van der Waals surface area contributed by atoms with Gasteiger partial charge in [0.2, 0.25) is 22.7 Å². The lowest BCUT2D eigenvalue weighted by Crippen LogP contribution is -2.52. The molecule has 4 N–H and O–H groups in total. The number of urea groups is 1. The van der Waals surface area contributed by atoms with Crippen LogP contribution in [0.2, 0.25) is 0 Å². The van der Waals surface area contributed by atoms with E-state index in [9.17, 15) is 27.9 Å². The molecule has 0 bridgehead atoms. The molecule has 2 fully saturated rings. The van der Waals surface area contributed by atoms with E-state index in [2.05, 4.69) is 16.0 Å². The van der Waals surface area contributed by atoms with Gasteiger partial charge in [0.05, 0.1) is 42.7 Å². The normalized spacial score (nSPS) is 20.5. The monoisotopic (exact) mass is 747 g/mol. The average Bonchev–Trinajstić information content (AvgIpc) is 3.85. The molecule has 0 unspecified atom stereocenters. The summed E-state index contributed by atoms with van der Waals surface area (Å²) in [5.41, 5.74) is 0.0933. The predicted molar refractivity (Wildman–Crippen MR) is 187 cm³/mol. The zero-order valence-electron chi connectivity index (χ0n) is 29.9. The quantitative estimate of drug-likeness (QED) is 0.195. The summed E-state index contributed by atoms with van der Waals surface area (Å²) >= 11 is 0. The number of aliphatic hydroxyl groups excluding tert-OH is 1. The maximum atomic E-state index is 14.3. The van der Waals surface area contributed by atoms with E-state index in [0.717, 1.165) is 5.56 Å². The third kappa shape index (κ3) is 10.2. The summed E-state index contributed by atoms with van der Waals surface area (Å²) in [7, 11) is -1.13. The highest BCUT2D eigenvalue weighted by molar-refractivity contribution is 7.89. The predicted octanol–water partition coefficient (Wildman–Crippen LogP) is 1.67. The highest BCUT2D eigenvalue weighted by atomic mass is 32.2. The van der Waals surface area contributed by atoms with Crippen LogP contribution in [-0.4, -0.2) is 126 Å². The van der Waals surface area contributed by atoms with Gasteiger partial charge in [-0.3, -0.25) is 4.79 Å². The minimum Gasteiger partial charge on any atom is -0.454 e. The SMILES string of the molecule is CN(C)C(=O)NCC(=O)NCCC(C)(C)CN(C[C@@H](O)[C@H](Cc1ccccc1)NC(=O)O[C@H]1CO[C@H]2OCC[C@H]21)S(=O)(=O)c1ccc2c(c1)OCO2. The molecule has 3 heterocycles. The Hall–Kier alpha value is -4.16. The molecular formula is C35H49N5O11S. The standard InChI is InChI=1S/C35H49N5O11S/c1-35(2,13-14-36-31(42)18-37-33(43)39(3)4)21-40(52(45,46)24-10-11-28-29(17-24)50-22-49-28)19-27(41)26(16-23-8-6-5-7-9-23)38-34(44)51-30-20-48-32-25(30)12-15-47-32/h5-11,17,25-27,30,32,41H,12-16,18-22H2,1-4H3,(H,36,42)(H,37,43)(H,38,44)/t25-,26-,27+,30-,32+/m0/s1. The number of nitrogens with one attached hydrogen (secondary N) is 3. The molecular weight excluding hydrogens is 698 g/mol. The molecule has 16 nitrogen and oxygen atoms in total. The summed E-state index contributed by atoms with van der Waals surface area (Å²) in [6.07, 6.45) is -1.84. The molecule has 2 aromatic rings. The second-order valence-corrected chi connectivity index (χ2v) is 16.0. The zero-order chi connectivity index (χ0) is 37.5. The van der Waals surface area contributed by atoms with Gasteiger partial charge in [-0.15, -0.1) is 0 Å². The van der Waals surface area contributed by atoms with E-state index < -0.39 is 58.0 Å². The van der Waals surface area contributed by atoms with Gasteiger partial charge in [-0.25, -0.2) is 18.0 Å². The molecule has 5 rings (SSSR count). The summed E-state index contributed by atoms with van der Waals surface area (Å²) in [6, 6.07) is 12.2. The molecule has 2 aromatic carbocycles. The summed E-state index contributed by atoms with van der Waals surface area (Å²) in [5, 5.41) is 19.8. The van der Waals surface area contributed by atoms with Crippen molar-refractivity contribution in [2.75, 3.05) is 60.3 Å². The van der Waals surface area contributed by atoms with Crippen molar-refractivity contribution in [2.45, 2.75) is 62.5 Å². The van der Waals surface area contributed by atoms with E-state index in [1.165, 1.54) is 27.4 Å². The number of fused-ring (bicyclic) bond motifs is 2. The number of rotatable bonds is 16. The van der Waals surface area contributed by atoms with E-state index in [-0.39, 0.29) is 62.6 Å². The van der Waals surface area contributed by atoms with Gasteiger partial charge >= 0.3 is 12.1 Å². The van der Waals surface area contributed by atoms with Crippen molar-refractivity contribution < 1.29 is 51.6 Å². The molecule has 17 heteroatoms. The molecule has 0 aliphatic carbocycles. The molecule has 0 spiro atoms. The topological polar surface area (TPSA) is 194 Å². The largest absolute Gasteiger partial charge is 0.454 e. The molecule has 0 radical (unpaired) electrons. The number of hydrogen-bond acceptors (Lipinski definition) is 11. The summed E-state index contributed by atoms with van der Waals surface area (Å²) in [4.78, 5) is 38.7. The van der Waals surface area contributed by atoms with E-state index in [1.807, 2.05) is 44.2 Å². The van der Waals surface area contributed by atoms with Crippen molar-refractivity contribution in [2.24, 2.45) is 11.3 Å². The molecule has 286 valence electrons. The number of alkyl carbamates (subject to hydrolysis) is 1. The Kier molecular flexibility index (Phi) is 12.9. The van der Waals surface area contributed by atoms with Crippen molar-refractivity contribution in [3.63, 3.8) is 0 Å². The van der Waals surface area contributed by atoms with Gasteiger partial charge in [-0.05, 0) is 42.4 Å². The number of benzene rings is 2. The molecule has 52 heavy (non-hydrogen) atoms. The lowest BCUT2D eigenvalue weighted by atomic mass is 9.89. The van der Waals surface area contributed by atoms with Crippen molar-refractivity contribution in [3.8, 4) is 11.5 Å². The van der Waals surface area contributed by atoms with Crippen LogP contribution in [0.25, 0.3) is 0 Å². The van der Waals surface area contributed by atoms with Crippen molar-refractivity contribution >= 4 is 28.1 Å². The Morgan fingerprint density at radius 3 is 2.54 bits per heavy atom. The number of aliphatic hydroxyl groups is 1. The second kappa shape index (κ2) is 17.1. The third-order valence-corrected chi connectivity index (χ3v) is 11.0. The van der Waals surface area contributed by atoms with Gasteiger partial charge in [0.1, 0.15) is 6.10 Å². The molecule has 5 atom stereocenters. The first-order valence-corrected chi connectivity index (χ1v) is 18.7. The minimum absolute atomic E-state index is 0.0385. The van der Waals surface area contributed by atoms with Gasteiger partial charge in [-0.1, -0.05) is 44.2 Å². The second-order valence-electron chi connectivity index (χ2n) is 14.1. The van der Waals surface area contributed by atoms with Crippen LogP contribution in [0.4, 0.5) is 9.59 Å². The van der Waals surface area contributed by atoms with E-state index in [0.29, 0.717) is 25.2 Å². The van der Waals surface area contributed by atoms with Gasteiger partial charge in [-0.2, -0.15) is 4.31 Å². The van der Waals surface area contributed by atoms with Crippen LogP contribution in [-0.2, 0) is 35.4 Å². The number of sulfonamides is 1. The molecule has 0 saturated carbocycles. The molecule has 3 aliphatic rings.